The summed E-state index contributed by atoms with van der Waals surface area (Å²) in [6.45, 7) is 7.92. The second-order valence-electron chi connectivity index (χ2n) is 9.12. The number of imidazole rings is 1. The van der Waals surface area contributed by atoms with E-state index in [1.165, 1.54) is 0 Å². The normalized spacial score (nSPS) is 14.0. The zero-order valence-electron chi connectivity index (χ0n) is 20.3. The zero-order chi connectivity index (χ0) is 24.5. The Morgan fingerprint density at radius 2 is 1.81 bits per heavy atom. The van der Waals surface area contributed by atoms with Gasteiger partial charge in [-0.25, -0.2) is 19.9 Å². The first-order valence-corrected chi connectivity index (χ1v) is 12.2. The van der Waals surface area contributed by atoms with Crippen LogP contribution in [0.15, 0.2) is 67.3 Å². The number of aromatic nitrogens is 5. The maximum atomic E-state index is 6.31. The molecule has 4 heterocycles. The molecule has 0 radical (unpaired) electrons. The number of nitrogens with zero attached hydrogens (tertiary/aromatic N) is 6. The van der Waals surface area contributed by atoms with Crippen molar-refractivity contribution in [1.82, 2.24) is 29.8 Å². The van der Waals surface area contributed by atoms with Gasteiger partial charge in [-0.3, -0.25) is 0 Å². The highest BCUT2D eigenvalue weighted by Gasteiger charge is 2.18. The number of ether oxygens (including phenoxy) is 1. The average Bonchev–Trinajstić information content (AvgIpc) is 3.35. The van der Waals surface area contributed by atoms with Crippen LogP contribution in [0.5, 0.6) is 11.5 Å². The standard InChI is InChI=1S/C27H28N8O/c1-18(2)35-17-31-21-9-8-19-15-30-27(33-25(19)26(21)35)32-24-14-23(36-20-6-4-3-5-7-20)22(16-29-24)34-12-10-28-11-13-34/h3-9,14-18,28H,10-13H2,1-2H3,(H,29,30,32,33). The van der Waals surface area contributed by atoms with Gasteiger partial charge >= 0.3 is 0 Å². The number of rotatable bonds is 6. The molecule has 6 rings (SSSR count). The molecule has 0 amide bonds. The summed E-state index contributed by atoms with van der Waals surface area (Å²) < 4.78 is 8.45. The van der Waals surface area contributed by atoms with Crippen LogP contribution in [0.3, 0.4) is 0 Å². The fraction of sp³-hybridized carbons (Fsp3) is 0.259. The van der Waals surface area contributed by atoms with E-state index >= 15 is 0 Å². The molecule has 3 aromatic heterocycles. The van der Waals surface area contributed by atoms with Crippen molar-refractivity contribution >= 4 is 39.4 Å². The first-order valence-electron chi connectivity index (χ1n) is 12.2. The smallest absolute Gasteiger partial charge is 0.228 e. The van der Waals surface area contributed by atoms with Gasteiger partial charge < -0.3 is 24.8 Å². The van der Waals surface area contributed by atoms with Crippen molar-refractivity contribution in [3.63, 3.8) is 0 Å². The minimum atomic E-state index is 0.267. The summed E-state index contributed by atoms with van der Waals surface area (Å²) >= 11 is 0. The molecule has 2 aromatic carbocycles. The molecule has 0 atom stereocenters. The fourth-order valence-corrected chi connectivity index (χ4v) is 4.52. The van der Waals surface area contributed by atoms with Crippen LogP contribution in [0.1, 0.15) is 19.9 Å². The number of pyridine rings is 1. The number of fused-ring (bicyclic) bond motifs is 3. The van der Waals surface area contributed by atoms with Gasteiger partial charge in [0.2, 0.25) is 5.95 Å². The summed E-state index contributed by atoms with van der Waals surface area (Å²) in [6, 6.07) is 16.0. The Morgan fingerprint density at radius 1 is 0.972 bits per heavy atom. The van der Waals surface area contributed by atoms with Gasteiger partial charge in [0.15, 0.2) is 5.75 Å². The molecule has 0 aliphatic carbocycles. The predicted octanol–water partition coefficient (Wildman–Crippen LogP) is 4.90. The van der Waals surface area contributed by atoms with Gasteiger partial charge in [0, 0.05) is 49.9 Å². The van der Waals surface area contributed by atoms with Crippen molar-refractivity contribution in [1.29, 1.82) is 0 Å². The van der Waals surface area contributed by atoms with Gasteiger partial charge in [-0.15, -0.1) is 0 Å². The topological polar surface area (TPSA) is 93.0 Å². The number of benzene rings is 2. The summed E-state index contributed by atoms with van der Waals surface area (Å²) in [5.41, 5.74) is 3.74. The molecule has 36 heavy (non-hydrogen) atoms. The van der Waals surface area contributed by atoms with Crippen molar-refractivity contribution in [3.05, 3.63) is 67.3 Å². The molecule has 0 saturated carbocycles. The summed E-state index contributed by atoms with van der Waals surface area (Å²) in [5, 5.41) is 7.64. The van der Waals surface area contributed by atoms with Crippen molar-refractivity contribution < 1.29 is 4.74 Å². The first-order chi connectivity index (χ1) is 17.7. The SMILES string of the molecule is CC(C)n1cnc2ccc3cnc(Nc4cc(Oc5ccccc5)c(N5CCNCC5)cn4)nc3c21. The van der Waals surface area contributed by atoms with E-state index in [-0.39, 0.29) is 6.04 Å². The first kappa shape index (κ1) is 22.2. The van der Waals surface area contributed by atoms with Crippen LogP contribution in [-0.4, -0.2) is 50.7 Å². The van der Waals surface area contributed by atoms with Crippen molar-refractivity contribution in [2.45, 2.75) is 19.9 Å². The minimum Gasteiger partial charge on any atom is -0.455 e. The lowest BCUT2D eigenvalue weighted by Crippen LogP contribution is -2.43. The number of hydrogen-bond donors (Lipinski definition) is 2. The van der Waals surface area contributed by atoms with Crippen LogP contribution < -0.4 is 20.3 Å². The monoisotopic (exact) mass is 480 g/mol. The zero-order valence-corrected chi connectivity index (χ0v) is 20.3. The second kappa shape index (κ2) is 9.43. The molecule has 1 aliphatic rings. The Labute approximate surface area is 209 Å². The molecule has 1 aliphatic heterocycles. The highest BCUT2D eigenvalue weighted by atomic mass is 16.5. The van der Waals surface area contributed by atoms with E-state index in [0.717, 1.165) is 65.3 Å². The number of nitrogens with one attached hydrogen (secondary N) is 2. The van der Waals surface area contributed by atoms with E-state index < -0.39 is 0 Å². The number of hydrogen-bond acceptors (Lipinski definition) is 8. The van der Waals surface area contributed by atoms with Crippen LogP contribution in [0.2, 0.25) is 0 Å². The van der Waals surface area contributed by atoms with E-state index in [4.69, 9.17) is 9.72 Å². The molecule has 9 heteroatoms. The molecule has 0 bridgehead atoms. The molecular weight excluding hydrogens is 452 g/mol. The third kappa shape index (κ3) is 4.29. The number of piperazine rings is 1. The third-order valence-electron chi connectivity index (χ3n) is 6.36. The molecular formula is C27H28N8O. The molecule has 0 unspecified atom stereocenters. The average molecular weight is 481 g/mol. The van der Waals surface area contributed by atoms with Gasteiger partial charge in [-0.1, -0.05) is 18.2 Å². The van der Waals surface area contributed by atoms with Crippen molar-refractivity contribution in [2.24, 2.45) is 0 Å². The highest BCUT2D eigenvalue weighted by Crippen LogP contribution is 2.34. The number of para-hydroxylation sites is 1. The second-order valence-corrected chi connectivity index (χ2v) is 9.12. The molecule has 1 fully saturated rings. The van der Waals surface area contributed by atoms with Crippen molar-refractivity contribution in [3.8, 4) is 11.5 Å². The molecule has 5 aromatic rings. The Kier molecular flexibility index (Phi) is 5.82. The van der Waals surface area contributed by atoms with Crippen LogP contribution in [0, 0.1) is 0 Å². The Hall–Kier alpha value is -4.24. The van der Waals surface area contributed by atoms with Gasteiger partial charge in [-0.05, 0) is 38.1 Å². The van der Waals surface area contributed by atoms with E-state index in [1.54, 1.807) is 0 Å². The lowest BCUT2D eigenvalue weighted by molar-refractivity contribution is 0.477. The molecule has 2 N–H and O–H groups in total. The lowest BCUT2D eigenvalue weighted by Gasteiger charge is -2.30. The maximum Gasteiger partial charge on any atom is 0.228 e. The minimum absolute atomic E-state index is 0.267. The fourth-order valence-electron chi connectivity index (χ4n) is 4.52. The summed E-state index contributed by atoms with van der Waals surface area (Å²) in [6.07, 6.45) is 5.56. The Morgan fingerprint density at radius 3 is 2.61 bits per heavy atom. The molecule has 1 saturated heterocycles. The Balaban J connectivity index is 1.37. The quantitative estimate of drug-likeness (QED) is 0.354. The van der Waals surface area contributed by atoms with E-state index in [2.05, 4.69) is 48.9 Å². The van der Waals surface area contributed by atoms with Crippen LogP contribution in [0.4, 0.5) is 17.5 Å². The van der Waals surface area contributed by atoms with Gasteiger partial charge in [0.25, 0.3) is 0 Å². The van der Waals surface area contributed by atoms with Crippen LogP contribution in [0.25, 0.3) is 21.9 Å². The summed E-state index contributed by atoms with van der Waals surface area (Å²) in [5.74, 6) is 2.60. The molecule has 9 nitrogen and oxygen atoms in total. The Bertz CT molecular complexity index is 1510. The summed E-state index contributed by atoms with van der Waals surface area (Å²) in [7, 11) is 0. The third-order valence-corrected chi connectivity index (χ3v) is 6.36. The molecule has 182 valence electrons. The highest BCUT2D eigenvalue weighted by molar-refractivity contribution is 6.02. The summed E-state index contributed by atoms with van der Waals surface area (Å²) in [4.78, 5) is 20.9. The molecule has 0 spiro atoms. The number of anilines is 3. The van der Waals surface area contributed by atoms with Gasteiger partial charge in [0.05, 0.1) is 29.2 Å². The maximum absolute atomic E-state index is 6.31. The van der Waals surface area contributed by atoms with Crippen molar-refractivity contribution in [2.75, 3.05) is 36.4 Å². The van der Waals surface area contributed by atoms with Gasteiger partial charge in [-0.2, -0.15) is 0 Å². The van der Waals surface area contributed by atoms with Crippen LogP contribution >= 0.6 is 0 Å². The largest absolute Gasteiger partial charge is 0.455 e. The van der Waals surface area contributed by atoms with E-state index in [0.29, 0.717) is 11.8 Å². The van der Waals surface area contributed by atoms with E-state index in [1.807, 2.05) is 67.3 Å². The van der Waals surface area contributed by atoms with Gasteiger partial charge in [0.1, 0.15) is 17.1 Å². The predicted molar refractivity (Wildman–Crippen MR) is 142 cm³/mol. The van der Waals surface area contributed by atoms with Crippen LogP contribution in [-0.2, 0) is 0 Å². The lowest BCUT2D eigenvalue weighted by atomic mass is 10.2. The van der Waals surface area contributed by atoms with E-state index in [9.17, 15) is 0 Å².